The number of rotatable bonds is 15. The number of hydrogen-bond donors (Lipinski definition) is 5. The molecule has 0 radical (unpaired) electrons. The summed E-state index contributed by atoms with van der Waals surface area (Å²) in [6.45, 7) is 15.1. The predicted molar refractivity (Wildman–Crippen MR) is 154 cm³/mol. The van der Waals surface area contributed by atoms with Crippen LogP contribution in [-0.2, 0) is 28.7 Å². The lowest BCUT2D eigenvalue weighted by molar-refractivity contribution is -0.288. The molecule has 0 spiro atoms. The second-order valence-corrected chi connectivity index (χ2v) is 13.8. The number of carbonyl (C=O) groups excluding carboxylic acids is 4. The first kappa shape index (κ1) is 37.1. The van der Waals surface area contributed by atoms with Crippen LogP contribution < -0.4 is 10.6 Å². The van der Waals surface area contributed by atoms with Crippen molar-refractivity contribution in [3.8, 4) is 0 Å². The molecule has 7 atom stereocenters. The lowest BCUT2D eigenvalue weighted by atomic mass is 9.77. The van der Waals surface area contributed by atoms with E-state index in [4.69, 9.17) is 9.47 Å². The molecule has 0 aromatic rings. The maximum absolute atomic E-state index is 13.4. The zero-order valence-corrected chi connectivity index (χ0v) is 26.4. The smallest absolute Gasteiger partial charge is 0.220 e. The molecule has 1 rings (SSSR count). The van der Waals surface area contributed by atoms with Gasteiger partial charge in [0.15, 0.2) is 12.1 Å². The molecule has 1 heterocycles. The van der Waals surface area contributed by atoms with Crippen molar-refractivity contribution in [1.29, 1.82) is 0 Å². The van der Waals surface area contributed by atoms with E-state index in [1.165, 1.54) is 7.11 Å². The summed E-state index contributed by atoms with van der Waals surface area (Å²) < 4.78 is 10.4. The Bertz CT molecular complexity index is 876. The summed E-state index contributed by atoms with van der Waals surface area (Å²) in [4.78, 5) is 51.9. The number of nitrogens with one attached hydrogen (secondary N) is 2. The van der Waals surface area contributed by atoms with Gasteiger partial charge in [0.1, 0.15) is 30.2 Å². The second kappa shape index (κ2) is 16.1. The van der Waals surface area contributed by atoms with Crippen molar-refractivity contribution in [1.82, 2.24) is 10.6 Å². The molecule has 2 amide bonds. The molecular formula is C30H54N2O9. The fourth-order valence-electron chi connectivity index (χ4n) is 4.84. The number of aliphatic hydroxyl groups is 3. The Hall–Kier alpha value is -1.92. The van der Waals surface area contributed by atoms with Crippen molar-refractivity contribution in [2.24, 2.45) is 22.7 Å². The molecule has 0 saturated carbocycles. The molecule has 11 heteroatoms. The van der Waals surface area contributed by atoms with Gasteiger partial charge in [-0.15, -0.1) is 0 Å². The Kier molecular flexibility index (Phi) is 14.5. The molecule has 0 unspecified atom stereocenters. The molecule has 1 aliphatic heterocycles. The van der Waals surface area contributed by atoms with Gasteiger partial charge < -0.3 is 35.4 Å². The van der Waals surface area contributed by atoms with Gasteiger partial charge in [-0.2, -0.15) is 0 Å². The van der Waals surface area contributed by atoms with Crippen molar-refractivity contribution in [3.05, 3.63) is 0 Å². The molecule has 11 nitrogen and oxygen atoms in total. The molecular weight excluding hydrogens is 532 g/mol. The van der Waals surface area contributed by atoms with E-state index < -0.39 is 54.0 Å². The lowest BCUT2D eigenvalue weighted by Gasteiger charge is -2.39. The molecule has 238 valence electrons. The number of Topliss-reactive ketones (excluding diaryl/α,β-unsaturated/α-hetero) is 2. The Labute approximate surface area is 245 Å². The minimum atomic E-state index is -1.51. The van der Waals surface area contributed by atoms with Crippen molar-refractivity contribution >= 4 is 23.4 Å². The van der Waals surface area contributed by atoms with Crippen LogP contribution >= 0.6 is 0 Å². The highest BCUT2D eigenvalue weighted by atomic mass is 16.7. The van der Waals surface area contributed by atoms with Crippen LogP contribution in [0.15, 0.2) is 0 Å². The minimum absolute atomic E-state index is 0.0625. The summed E-state index contributed by atoms with van der Waals surface area (Å²) in [5.41, 5.74) is -0.628. The first-order valence-corrected chi connectivity index (χ1v) is 14.6. The first-order chi connectivity index (χ1) is 18.8. The van der Waals surface area contributed by atoms with Gasteiger partial charge in [0.2, 0.25) is 11.8 Å². The molecule has 1 fully saturated rings. The standard InChI is InChI=1S/C30H54N2O9/c1-17(2)23(32-22(35)11-10-14-29(3,4)5)19(33)15-18(27(39)30(6,7)8)12-13-21(34)31-16-20-24(36)25(37)26(38)28(40-9)41-20/h17-18,20,23-26,28,36-38H,10-16H2,1-9H3,(H,31,34)(H,32,35)/t18-,20-,23+,24-,25+,26-,28-/m1/s1. The number of amides is 2. The van der Waals surface area contributed by atoms with E-state index in [1.807, 2.05) is 13.8 Å². The fraction of sp³-hybridized carbons (Fsp3) is 0.867. The molecule has 1 aliphatic rings. The van der Waals surface area contributed by atoms with Gasteiger partial charge in [-0.3, -0.25) is 19.2 Å². The molecule has 5 N–H and O–H groups in total. The third kappa shape index (κ3) is 12.5. The van der Waals surface area contributed by atoms with E-state index in [9.17, 15) is 34.5 Å². The Morgan fingerprint density at radius 2 is 1.51 bits per heavy atom. The lowest BCUT2D eigenvalue weighted by Crippen LogP contribution is -2.60. The fourth-order valence-corrected chi connectivity index (χ4v) is 4.84. The highest BCUT2D eigenvalue weighted by Crippen LogP contribution is 2.27. The highest BCUT2D eigenvalue weighted by molar-refractivity contribution is 5.94. The van der Waals surface area contributed by atoms with Crippen LogP contribution in [0.1, 0.15) is 93.9 Å². The van der Waals surface area contributed by atoms with Gasteiger partial charge >= 0.3 is 0 Å². The number of hydrogen-bond acceptors (Lipinski definition) is 9. The third-order valence-electron chi connectivity index (χ3n) is 7.34. The van der Waals surface area contributed by atoms with Crippen LogP contribution in [0.25, 0.3) is 0 Å². The quantitative estimate of drug-likeness (QED) is 0.192. The van der Waals surface area contributed by atoms with Crippen LogP contribution in [0, 0.1) is 22.7 Å². The van der Waals surface area contributed by atoms with E-state index >= 15 is 0 Å². The molecule has 0 aliphatic carbocycles. The van der Waals surface area contributed by atoms with Gasteiger partial charge in [0, 0.05) is 44.2 Å². The molecule has 0 aromatic carbocycles. The van der Waals surface area contributed by atoms with Crippen LogP contribution in [0.5, 0.6) is 0 Å². The Balaban J connectivity index is 2.81. The normalized spacial score (nSPS) is 25.0. The summed E-state index contributed by atoms with van der Waals surface area (Å²) in [5.74, 6) is -1.91. The molecule has 41 heavy (non-hydrogen) atoms. The number of methoxy groups -OCH3 is 1. The van der Waals surface area contributed by atoms with Crippen molar-refractivity contribution in [2.75, 3.05) is 13.7 Å². The first-order valence-electron chi connectivity index (χ1n) is 14.6. The number of ether oxygens (including phenoxy) is 2. The Morgan fingerprint density at radius 3 is 2.02 bits per heavy atom. The van der Waals surface area contributed by atoms with E-state index in [0.717, 1.165) is 6.42 Å². The van der Waals surface area contributed by atoms with E-state index in [-0.39, 0.29) is 54.6 Å². The largest absolute Gasteiger partial charge is 0.388 e. The zero-order chi connectivity index (χ0) is 31.7. The second-order valence-electron chi connectivity index (χ2n) is 13.8. The maximum atomic E-state index is 13.4. The van der Waals surface area contributed by atoms with Gasteiger partial charge in [-0.1, -0.05) is 55.4 Å². The third-order valence-corrected chi connectivity index (χ3v) is 7.34. The van der Waals surface area contributed by atoms with Crippen LogP contribution in [0.3, 0.4) is 0 Å². The van der Waals surface area contributed by atoms with Gasteiger partial charge in [-0.05, 0) is 30.6 Å². The van der Waals surface area contributed by atoms with Gasteiger partial charge in [0.25, 0.3) is 0 Å². The van der Waals surface area contributed by atoms with Crippen LogP contribution in [-0.4, -0.2) is 89.1 Å². The van der Waals surface area contributed by atoms with Gasteiger partial charge in [0.05, 0.1) is 6.04 Å². The topological polar surface area (TPSA) is 171 Å². The molecule has 0 aromatic heterocycles. The van der Waals surface area contributed by atoms with E-state index in [0.29, 0.717) is 12.8 Å². The predicted octanol–water partition coefficient (Wildman–Crippen LogP) is 1.88. The SMILES string of the molecule is CO[C@@H]1O[C@H](CNC(=O)CC[C@H](CC(=O)[C@@H](NC(=O)CCCC(C)(C)C)C(C)C)C(=O)C(C)(C)C)[C@@H](O)[C@H](O)[C@H]1O. The van der Waals surface area contributed by atoms with Crippen LogP contribution in [0.4, 0.5) is 0 Å². The summed E-state index contributed by atoms with van der Waals surface area (Å²) in [5, 5.41) is 35.6. The summed E-state index contributed by atoms with van der Waals surface area (Å²) in [6.07, 6.45) is -4.71. The monoisotopic (exact) mass is 586 g/mol. The van der Waals surface area contributed by atoms with Crippen molar-refractivity contribution in [3.63, 3.8) is 0 Å². The summed E-state index contributed by atoms with van der Waals surface area (Å²) in [7, 11) is 1.28. The van der Waals surface area contributed by atoms with E-state index in [1.54, 1.807) is 20.8 Å². The van der Waals surface area contributed by atoms with Crippen molar-refractivity contribution in [2.45, 2.75) is 131 Å². The van der Waals surface area contributed by atoms with E-state index in [2.05, 4.69) is 31.4 Å². The zero-order valence-electron chi connectivity index (χ0n) is 26.4. The highest BCUT2D eigenvalue weighted by Gasteiger charge is 2.44. The molecule has 1 saturated heterocycles. The molecule has 0 bridgehead atoms. The summed E-state index contributed by atoms with van der Waals surface area (Å²) in [6, 6.07) is -0.735. The maximum Gasteiger partial charge on any atom is 0.220 e. The van der Waals surface area contributed by atoms with Crippen molar-refractivity contribution < 1.29 is 44.0 Å². The number of carbonyl (C=O) groups is 4. The van der Waals surface area contributed by atoms with Crippen LogP contribution in [0.2, 0.25) is 0 Å². The Morgan fingerprint density at radius 1 is 0.902 bits per heavy atom. The van der Waals surface area contributed by atoms with Gasteiger partial charge in [-0.25, -0.2) is 0 Å². The number of ketones is 2. The average Bonchev–Trinajstić information content (AvgIpc) is 2.85. The number of aliphatic hydroxyl groups excluding tert-OH is 3. The minimum Gasteiger partial charge on any atom is -0.388 e. The average molecular weight is 587 g/mol. The summed E-state index contributed by atoms with van der Waals surface area (Å²) >= 11 is 0.